The van der Waals surface area contributed by atoms with Gasteiger partial charge in [0, 0.05) is 11.8 Å². The predicted octanol–water partition coefficient (Wildman–Crippen LogP) is 3.32. The Morgan fingerprint density at radius 2 is 2.05 bits per heavy atom. The molecule has 1 aromatic rings. The van der Waals surface area contributed by atoms with Crippen LogP contribution in [0.25, 0.3) is 0 Å². The lowest BCUT2D eigenvalue weighted by atomic mass is 9.86. The van der Waals surface area contributed by atoms with Crippen LogP contribution in [0, 0.1) is 5.92 Å². The predicted molar refractivity (Wildman–Crippen MR) is 85.6 cm³/mol. The molecule has 1 saturated heterocycles. The number of ether oxygens (including phenoxy) is 1. The summed E-state index contributed by atoms with van der Waals surface area (Å²) in [6.07, 6.45) is 5.46. The van der Waals surface area contributed by atoms with E-state index in [0.29, 0.717) is 12.6 Å². The van der Waals surface area contributed by atoms with Crippen LogP contribution in [0.5, 0.6) is 5.75 Å². The lowest BCUT2D eigenvalue weighted by Crippen LogP contribution is -2.46. The number of fused-ring (bicyclic) bond motifs is 1. The molecule has 20 heavy (non-hydrogen) atoms. The third kappa shape index (κ3) is 3.69. The Labute approximate surface area is 125 Å². The van der Waals surface area contributed by atoms with Gasteiger partial charge in [0.15, 0.2) is 5.17 Å². The van der Waals surface area contributed by atoms with E-state index in [1.54, 1.807) is 0 Å². The van der Waals surface area contributed by atoms with Crippen LogP contribution < -0.4 is 10.1 Å². The second kappa shape index (κ2) is 7.02. The molecule has 2 aliphatic rings. The Balaban J connectivity index is 1.43. The highest BCUT2D eigenvalue weighted by Crippen LogP contribution is 2.31. The zero-order chi connectivity index (χ0) is 13.6. The second-order valence-electron chi connectivity index (χ2n) is 5.45. The molecule has 1 N–H and O–H groups in total. The molecule has 1 aromatic carbocycles. The minimum atomic E-state index is 0.643. The second-order valence-corrected chi connectivity index (χ2v) is 6.46. The van der Waals surface area contributed by atoms with Crippen LogP contribution in [0.1, 0.15) is 25.7 Å². The van der Waals surface area contributed by atoms with Crippen molar-refractivity contribution >= 4 is 16.9 Å². The lowest BCUT2D eigenvalue weighted by Gasteiger charge is -2.36. The van der Waals surface area contributed by atoms with Gasteiger partial charge in [-0.25, -0.2) is 0 Å². The van der Waals surface area contributed by atoms with Crippen LogP contribution in [0.15, 0.2) is 35.3 Å². The van der Waals surface area contributed by atoms with Gasteiger partial charge >= 0.3 is 0 Å². The maximum absolute atomic E-state index is 5.66. The summed E-state index contributed by atoms with van der Waals surface area (Å²) in [6, 6.07) is 10.6. The Kier molecular flexibility index (Phi) is 4.85. The number of hydrogen-bond acceptors (Lipinski definition) is 3. The Bertz CT molecular complexity index is 449. The SMILES string of the molecule is c1ccc(OCCN=C2NC3CCCCC3CS2)cc1. The van der Waals surface area contributed by atoms with E-state index in [9.17, 15) is 0 Å². The number of nitrogens with one attached hydrogen (secondary N) is 1. The molecule has 108 valence electrons. The highest BCUT2D eigenvalue weighted by Gasteiger charge is 2.29. The van der Waals surface area contributed by atoms with Crippen molar-refractivity contribution < 1.29 is 4.74 Å². The summed E-state index contributed by atoms with van der Waals surface area (Å²) in [5.74, 6) is 3.01. The van der Waals surface area contributed by atoms with Crippen molar-refractivity contribution in [3.63, 3.8) is 0 Å². The van der Waals surface area contributed by atoms with Crippen molar-refractivity contribution in [3.8, 4) is 5.75 Å². The van der Waals surface area contributed by atoms with Crippen LogP contribution >= 0.6 is 11.8 Å². The first-order valence-corrected chi connectivity index (χ1v) is 8.52. The number of para-hydroxylation sites is 1. The quantitative estimate of drug-likeness (QED) is 0.864. The maximum Gasteiger partial charge on any atom is 0.156 e. The molecule has 3 nitrogen and oxygen atoms in total. The topological polar surface area (TPSA) is 33.6 Å². The van der Waals surface area contributed by atoms with Gasteiger partial charge in [-0.3, -0.25) is 4.99 Å². The van der Waals surface area contributed by atoms with E-state index < -0.39 is 0 Å². The smallest absolute Gasteiger partial charge is 0.156 e. The molecule has 0 radical (unpaired) electrons. The van der Waals surface area contributed by atoms with Gasteiger partial charge in [0.05, 0.1) is 6.54 Å². The van der Waals surface area contributed by atoms with Crippen LogP contribution in [0.3, 0.4) is 0 Å². The maximum atomic E-state index is 5.66. The van der Waals surface area contributed by atoms with E-state index in [0.717, 1.165) is 23.4 Å². The van der Waals surface area contributed by atoms with Gasteiger partial charge in [0.2, 0.25) is 0 Å². The average molecular weight is 290 g/mol. The number of nitrogens with zero attached hydrogens (tertiary/aromatic N) is 1. The molecule has 0 amide bonds. The number of benzene rings is 1. The van der Waals surface area contributed by atoms with Gasteiger partial charge in [-0.1, -0.05) is 42.8 Å². The first-order chi connectivity index (χ1) is 9.92. The largest absolute Gasteiger partial charge is 0.492 e. The minimum absolute atomic E-state index is 0.643. The molecular formula is C16H22N2OS. The van der Waals surface area contributed by atoms with Crippen LogP contribution in [0.4, 0.5) is 0 Å². The van der Waals surface area contributed by atoms with E-state index in [1.165, 1.54) is 31.4 Å². The third-order valence-corrected chi connectivity index (χ3v) is 5.13. The van der Waals surface area contributed by atoms with E-state index in [-0.39, 0.29) is 0 Å². The van der Waals surface area contributed by atoms with Gasteiger partial charge in [0.25, 0.3) is 0 Å². The summed E-state index contributed by atoms with van der Waals surface area (Å²) in [4.78, 5) is 4.63. The van der Waals surface area contributed by atoms with Gasteiger partial charge in [-0.15, -0.1) is 0 Å². The summed E-state index contributed by atoms with van der Waals surface area (Å²) in [5, 5.41) is 4.73. The molecule has 0 spiro atoms. The number of amidine groups is 1. The molecule has 0 bridgehead atoms. The monoisotopic (exact) mass is 290 g/mol. The Hall–Kier alpha value is -1.16. The van der Waals surface area contributed by atoms with Crippen molar-refractivity contribution in [1.29, 1.82) is 0 Å². The zero-order valence-electron chi connectivity index (χ0n) is 11.8. The van der Waals surface area contributed by atoms with Gasteiger partial charge < -0.3 is 10.1 Å². The molecule has 4 heteroatoms. The normalized spacial score (nSPS) is 27.7. The van der Waals surface area contributed by atoms with Crippen molar-refractivity contribution in [2.45, 2.75) is 31.7 Å². The average Bonchev–Trinajstić information content (AvgIpc) is 2.52. The number of hydrogen-bond donors (Lipinski definition) is 1. The van der Waals surface area contributed by atoms with Gasteiger partial charge in [0.1, 0.15) is 12.4 Å². The molecule has 0 aromatic heterocycles. The van der Waals surface area contributed by atoms with Crippen LogP contribution in [-0.2, 0) is 0 Å². The fraction of sp³-hybridized carbons (Fsp3) is 0.562. The Morgan fingerprint density at radius 3 is 2.95 bits per heavy atom. The van der Waals surface area contributed by atoms with Crippen molar-refractivity contribution in [3.05, 3.63) is 30.3 Å². The van der Waals surface area contributed by atoms with E-state index in [2.05, 4.69) is 10.3 Å². The number of aliphatic imine (C=N–C) groups is 1. The van der Waals surface area contributed by atoms with Crippen LogP contribution in [0.2, 0.25) is 0 Å². The molecule has 2 fully saturated rings. The first kappa shape index (κ1) is 13.8. The van der Waals surface area contributed by atoms with Gasteiger partial charge in [-0.2, -0.15) is 0 Å². The molecular weight excluding hydrogens is 268 g/mol. The molecule has 1 heterocycles. The molecule has 1 aliphatic heterocycles. The molecule has 2 unspecified atom stereocenters. The number of rotatable bonds is 4. The highest BCUT2D eigenvalue weighted by molar-refractivity contribution is 8.13. The van der Waals surface area contributed by atoms with Crippen molar-refractivity contribution in [2.24, 2.45) is 10.9 Å². The highest BCUT2D eigenvalue weighted by atomic mass is 32.2. The molecule has 3 rings (SSSR count). The number of thioether (sulfide) groups is 1. The summed E-state index contributed by atoms with van der Waals surface area (Å²) < 4.78 is 5.66. The standard InChI is InChI=1S/C16H22N2OS/c1-2-7-14(8-3-1)19-11-10-17-16-18-15-9-5-4-6-13(15)12-20-16/h1-3,7-8,13,15H,4-6,9-12H2,(H,17,18). The van der Waals surface area contributed by atoms with Crippen molar-refractivity contribution in [1.82, 2.24) is 5.32 Å². The summed E-state index contributed by atoms with van der Waals surface area (Å²) in [5.41, 5.74) is 0. The molecule has 1 saturated carbocycles. The van der Waals surface area contributed by atoms with Crippen LogP contribution in [-0.4, -0.2) is 30.1 Å². The molecule has 2 atom stereocenters. The van der Waals surface area contributed by atoms with E-state index in [1.807, 2.05) is 42.1 Å². The third-order valence-electron chi connectivity index (χ3n) is 4.01. The fourth-order valence-corrected chi connectivity index (χ4v) is 4.09. The minimum Gasteiger partial charge on any atom is -0.492 e. The first-order valence-electron chi connectivity index (χ1n) is 7.53. The summed E-state index contributed by atoms with van der Waals surface area (Å²) in [7, 11) is 0. The zero-order valence-corrected chi connectivity index (χ0v) is 12.6. The van der Waals surface area contributed by atoms with E-state index >= 15 is 0 Å². The Morgan fingerprint density at radius 1 is 1.20 bits per heavy atom. The summed E-state index contributed by atoms with van der Waals surface area (Å²) >= 11 is 1.88. The van der Waals surface area contributed by atoms with Crippen molar-refractivity contribution in [2.75, 3.05) is 18.9 Å². The fourth-order valence-electron chi connectivity index (χ4n) is 2.90. The van der Waals surface area contributed by atoms with Gasteiger partial charge in [-0.05, 0) is 30.9 Å². The molecule has 1 aliphatic carbocycles. The van der Waals surface area contributed by atoms with E-state index in [4.69, 9.17) is 4.74 Å². The summed E-state index contributed by atoms with van der Waals surface area (Å²) in [6.45, 7) is 1.37. The lowest BCUT2D eigenvalue weighted by molar-refractivity contribution is 0.309.